The number of ether oxygens (including phenoxy) is 1. The Morgan fingerprint density at radius 1 is 1.73 bits per heavy atom. The highest BCUT2D eigenvalue weighted by atomic mass is 79.9. The van der Waals surface area contributed by atoms with Gasteiger partial charge in [-0.2, -0.15) is 10.2 Å². The molecule has 0 aliphatic rings. The van der Waals surface area contributed by atoms with Gasteiger partial charge in [0.25, 0.3) is 0 Å². The van der Waals surface area contributed by atoms with Crippen molar-refractivity contribution in [3.8, 4) is 11.9 Å². The number of hydrogen-bond acceptors (Lipinski definition) is 4. The highest BCUT2D eigenvalue weighted by Crippen LogP contribution is 2.04. The normalized spacial score (nSPS) is 8.73. The summed E-state index contributed by atoms with van der Waals surface area (Å²) in [5.41, 5.74) is 0.356. The van der Waals surface area contributed by atoms with E-state index in [2.05, 4.69) is 25.9 Å². The van der Waals surface area contributed by atoms with Crippen LogP contribution in [0, 0.1) is 11.3 Å². The van der Waals surface area contributed by atoms with Crippen LogP contribution in [0.3, 0.4) is 0 Å². The Labute approximate surface area is 72.0 Å². The molecule has 0 unspecified atom stereocenters. The zero-order chi connectivity index (χ0) is 8.10. The molecule has 0 saturated carbocycles. The minimum absolute atomic E-state index is 0.114. The lowest BCUT2D eigenvalue weighted by Gasteiger charge is -1.97. The Hall–Kier alpha value is -1.15. The van der Waals surface area contributed by atoms with Crippen molar-refractivity contribution in [1.82, 2.24) is 9.97 Å². The zero-order valence-corrected chi connectivity index (χ0v) is 7.08. The standard InChI is InChI=1S/C6H4BrN3O/c7-4-11-6-1-2-9-5(3-8)10-6/h1-2H,4H2. The minimum atomic E-state index is 0.114. The second kappa shape index (κ2) is 3.88. The van der Waals surface area contributed by atoms with E-state index in [4.69, 9.17) is 10.00 Å². The van der Waals surface area contributed by atoms with Crippen molar-refractivity contribution in [3.05, 3.63) is 18.1 Å². The summed E-state index contributed by atoms with van der Waals surface area (Å²) in [6.07, 6.45) is 1.48. The van der Waals surface area contributed by atoms with E-state index < -0.39 is 0 Å². The van der Waals surface area contributed by atoms with Gasteiger partial charge in [-0.25, -0.2) is 4.98 Å². The first-order valence-corrected chi connectivity index (χ1v) is 3.91. The summed E-state index contributed by atoms with van der Waals surface area (Å²) in [4.78, 5) is 7.43. The van der Waals surface area contributed by atoms with E-state index in [0.29, 0.717) is 11.4 Å². The van der Waals surface area contributed by atoms with E-state index in [1.807, 2.05) is 6.07 Å². The van der Waals surface area contributed by atoms with E-state index >= 15 is 0 Å². The molecular formula is C6H4BrN3O. The Balaban J connectivity index is 2.85. The summed E-state index contributed by atoms with van der Waals surface area (Å²) in [5, 5.41) is 8.39. The fourth-order valence-electron chi connectivity index (χ4n) is 0.532. The number of hydrogen-bond donors (Lipinski definition) is 0. The van der Waals surface area contributed by atoms with Crippen LogP contribution in [0.4, 0.5) is 0 Å². The minimum Gasteiger partial charge on any atom is -0.466 e. The first-order chi connectivity index (χ1) is 5.36. The van der Waals surface area contributed by atoms with E-state index in [1.54, 1.807) is 6.07 Å². The lowest BCUT2D eigenvalue weighted by Crippen LogP contribution is -1.94. The van der Waals surface area contributed by atoms with Crippen LogP contribution in [0.15, 0.2) is 12.3 Å². The Kier molecular flexibility index (Phi) is 2.81. The maximum Gasteiger partial charge on any atom is 0.235 e. The van der Waals surface area contributed by atoms with Crippen LogP contribution in [-0.4, -0.2) is 15.5 Å². The first kappa shape index (κ1) is 7.95. The molecule has 1 aromatic heterocycles. The second-order valence-corrected chi connectivity index (χ2v) is 2.04. The topological polar surface area (TPSA) is 58.8 Å². The number of nitriles is 1. The van der Waals surface area contributed by atoms with Gasteiger partial charge in [0.2, 0.25) is 11.7 Å². The van der Waals surface area contributed by atoms with Gasteiger partial charge in [-0.05, 0) is 15.9 Å². The Bertz CT molecular complexity index is 283. The fourth-order valence-corrected chi connectivity index (χ4v) is 0.767. The second-order valence-electron chi connectivity index (χ2n) is 1.58. The van der Waals surface area contributed by atoms with Crippen molar-refractivity contribution in [2.75, 3.05) is 5.52 Å². The number of aromatic nitrogens is 2. The smallest absolute Gasteiger partial charge is 0.235 e. The number of halogens is 1. The van der Waals surface area contributed by atoms with E-state index in [-0.39, 0.29) is 5.82 Å². The molecule has 0 bridgehead atoms. The van der Waals surface area contributed by atoms with E-state index in [1.165, 1.54) is 6.20 Å². The third kappa shape index (κ3) is 2.16. The van der Waals surface area contributed by atoms with E-state index in [9.17, 15) is 0 Å². The van der Waals surface area contributed by atoms with Gasteiger partial charge in [-0.1, -0.05) is 0 Å². The fraction of sp³-hybridized carbons (Fsp3) is 0.167. The molecule has 0 N–H and O–H groups in total. The Morgan fingerprint density at radius 2 is 2.55 bits per heavy atom. The zero-order valence-electron chi connectivity index (χ0n) is 5.49. The van der Waals surface area contributed by atoms with Gasteiger partial charge < -0.3 is 4.74 Å². The van der Waals surface area contributed by atoms with Gasteiger partial charge in [0.05, 0.1) is 0 Å². The van der Waals surface area contributed by atoms with Gasteiger partial charge in [-0.15, -0.1) is 0 Å². The van der Waals surface area contributed by atoms with Crippen molar-refractivity contribution >= 4 is 15.9 Å². The third-order valence-electron chi connectivity index (χ3n) is 0.932. The van der Waals surface area contributed by atoms with Crippen LogP contribution in [-0.2, 0) is 0 Å². The molecule has 56 valence electrons. The van der Waals surface area contributed by atoms with Crippen LogP contribution in [0.1, 0.15) is 5.82 Å². The molecule has 11 heavy (non-hydrogen) atoms. The molecule has 0 radical (unpaired) electrons. The monoisotopic (exact) mass is 213 g/mol. The van der Waals surface area contributed by atoms with Gasteiger partial charge in [0.1, 0.15) is 11.6 Å². The number of rotatable bonds is 2. The molecule has 1 aromatic rings. The predicted molar refractivity (Wildman–Crippen MR) is 41.2 cm³/mol. The summed E-state index contributed by atoms with van der Waals surface area (Å²) in [6, 6.07) is 3.39. The van der Waals surface area contributed by atoms with Gasteiger partial charge >= 0.3 is 0 Å². The first-order valence-electron chi connectivity index (χ1n) is 2.78. The largest absolute Gasteiger partial charge is 0.466 e. The van der Waals surface area contributed by atoms with Gasteiger partial charge in [0, 0.05) is 12.3 Å². The van der Waals surface area contributed by atoms with Crippen LogP contribution in [0.5, 0.6) is 5.88 Å². The highest BCUT2D eigenvalue weighted by molar-refractivity contribution is 9.09. The summed E-state index contributed by atoms with van der Waals surface area (Å²) in [5.74, 6) is 0.511. The Morgan fingerprint density at radius 3 is 3.18 bits per heavy atom. The maximum atomic E-state index is 8.39. The lowest BCUT2D eigenvalue weighted by molar-refractivity contribution is 0.380. The molecule has 1 rings (SSSR count). The van der Waals surface area contributed by atoms with Crippen LogP contribution >= 0.6 is 15.9 Å². The van der Waals surface area contributed by atoms with Crippen molar-refractivity contribution in [2.24, 2.45) is 0 Å². The molecule has 0 fully saturated rings. The molecule has 0 aliphatic heterocycles. The average Bonchev–Trinajstić information content (AvgIpc) is 2.06. The van der Waals surface area contributed by atoms with Crippen molar-refractivity contribution in [2.45, 2.75) is 0 Å². The highest BCUT2D eigenvalue weighted by Gasteiger charge is 1.96. The summed E-state index contributed by atoms with van der Waals surface area (Å²) in [6.45, 7) is 0. The SMILES string of the molecule is N#Cc1nccc(OCBr)n1. The number of nitrogens with zero attached hydrogens (tertiary/aromatic N) is 3. The van der Waals surface area contributed by atoms with Crippen molar-refractivity contribution in [1.29, 1.82) is 5.26 Å². The van der Waals surface area contributed by atoms with Crippen LogP contribution in [0.2, 0.25) is 0 Å². The molecule has 5 heteroatoms. The van der Waals surface area contributed by atoms with Crippen LogP contribution in [0.25, 0.3) is 0 Å². The molecular weight excluding hydrogens is 210 g/mol. The molecule has 0 saturated heterocycles. The molecule has 0 aromatic carbocycles. The van der Waals surface area contributed by atoms with Crippen LogP contribution < -0.4 is 4.74 Å². The molecule has 0 aliphatic carbocycles. The van der Waals surface area contributed by atoms with Gasteiger partial charge in [-0.3, -0.25) is 0 Å². The summed E-state index contributed by atoms with van der Waals surface area (Å²) >= 11 is 3.07. The molecule has 4 nitrogen and oxygen atoms in total. The van der Waals surface area contributed by atoms with Crippen molar-refractivity contribution < 1.29 is 4.74 Å². The summed E-state index contributed by atoms with van der Waals surface area (Å²) < 4.78 is 4.96. The third-order valence-corrected chi connectivity index (χ3v) is 1.16. The molecule has 0 amide bonds. The predicted octanol–water partition coefficient (Wildman–Crippen LogP) is 1.08. The molecule has 1 heterocycles. The quantitative estimate of drug-likeness (QED) is 0.691. The van der Waals surface area contributed by atoms with Crippen molar-refractivity contribution in [3.63, 3.8) is 0 Å². The lowest BCUT2D eigenvalue weighted by atomic mass is 10.6. The van der Waals surface area contributed by atoms with Gasteiger partial charge in [0.15, 0.2) is 0 Å². The number of alkyl halides is 1. The van der Waals surface area contributed by atoms with E-state index in [0.717, 1.165) is 0 Å². The summed E-state index contributed by atoms with van der Waals surface area (Å²) in [7, 11) is 0. The average molecular weight is 214 g/mol. The maximum absolute atomic E-state index is 8.39. The molecule has 0 atom stereocenters. The molecule has 0 spiro atoms.